The lowest BCUT2D eigenvalue weighted by molar-refractivity contribution is 0.0997. The summed E-state index contributed by atoms with van der Waals surface area (Å²) in [6, 6.07) is 9.66. The van der Waals surface area contributed by atoms with Gasteiger partial charge in [-0.1, -0.05) is 12.1 Å². The molecule has 0 aliphatic rings. The van der Waals surface area contributed by atoms with Crippen molar-refractivity contribution in [2.24, 2.45) is 10.8 Å². The summed E-state index contributed by atoms with van der Waals surface area (Å²) < 4.78 is 1.20. The Morgan fingerprint density at radius 3 is 2.32 bits per heavy atom. The molecule has 0 bridgehead atoms. The van der Waals surface area contributed by atoms with E-state index < -0.39 is 11.5 Å². The predicted molar refractivity (Wildman–Crippen MR) is 102 cm³/mol. The van der Waals surface area contributed by atoms with E-state index in [0.29, 0.717) is 11.3 Å². The summed E-state index contributed by atoms with van der Waals surface area (Å²) in [5.74, 6) is -0.741. The fraction of sp³-hybridized carbons (Fsp3) is 0.316. The Morgan fingerprint density at radius 2 is 1.80 bits per heavy atom. The minimum Gasteiger partial charge on any atom is -0.372 e. The number of carbonyl (C=O) groups is 1. The molecule has 1 aromatic heterocycles. The molecule has 0 aliphatic carbocycles. The minimum absolute atomic E-state index is 0.0281. The van der Waals surface area contributed by atoms with E-state index in [1.165, 1.54) is 4.68 Å². The molecule has 2 rings (SSSR count). The molecular formula is C19H24N4O2. The Hall–Kier alpha value is -2.89. The maximum atomic E-state index is 12.4. The van der Waals surface area contributed by atoms with Gasteiger partial charge in [0.05, 0.1) is 6.21 Å². The number of pyridine rings is 1. The fourth-order valence-electron chi connectivity index (χ4n) is 2.81. The predicted octanol–water partition coefficient (Wildman–Crippen LogP) is 2.29. The van der Waals surface area contributed by atoms with Gasteiger partial charge in [0.2, 0.25) is 0 Å². The van der Waals surface area contributed by atoms with Gasteiger partial charge in [-0.2, -0.15) is 5.10 Å². The van der Waals surface area contributed by atoms with Crippen molar-refractivity contribution in [3.63, 3.8) is 0 Å². The number of benzene rings is 1. The molecule has 132 valence electrons. The largest absolute Gasteiger partial charge is 0.372 e. The average Bonchev–Trinajstić information content (AvgIpc) is 2.56. The average molecular weight is 340 g/mol. The van der Waals surface area contributed by atoms with E-state index in [1.807, 2.05) is 24.3 Å². The lowest BCUT2D eigenvalue weighted by Gasteiger charge is -2.20. The topological polar surface area (TPSA) is 80.7 Å². The van der Waals surface area contributed by atoms with Crippen LogP contribution in [0.15, 0.2) is 40.2 Å². The molecular weight excluding hydrogens is 316 g/mol. The molecule has 0 spiro atoms. The molecule has 6 nitrogen and oxygen atoms in total. The first-order valence-electron chi connectivity index (χ1n) is 8.31. The van der Waals surface area contributed by atoms with Crippen LogP contribution in [0, 0.1) is 13.8 Å². The fourth-order valence-corrected chi connectivity index (χ4v) is 2.81. The normalized spacial score (nSPS) is 11.0. The molecule has 25 heavy (non-hydrogen) atoms. The second-order valence-corrected chi connectivity index (χ2v) is 5.83. The van der Waals surface area contributed by atoms with Crippen LogP contribution in [-0.2, 0) is 0 Å². The summed E-state index contributed by atoms with van der Waals surface area (Å²) >= 11 is 0. The Labute approximate surface area is 147 Å². The van der Waals surface area contributed by atoms with Gasteiger partial charge in [0.25, 0.3) is 11.5 Å². The summed E-state index contributed by atoms with van der Waals surface area (Å²) in [4.78, 5) is 26.2. The van der Waals surface area contributed by atoms with E-state index in [2.05, 4.69) is 23.8 Å². The molecule has 0 radical (unpaired) electrons. The molecule has 2 N–H and O–H groups in total. The SMILES string of the molecule is CCN(CC)c1ccc(/C=N/n2c(C)cc(C)c(C(N)=O)c2=O)cc1. The summed E-state index contributed by atoms with van der Waals surface area (Å²) in [5, 5.41) is 4.23. The van der Waals surface area contributed by atoms with Crippen molar-refractivity contribution in [2.45, 2.75) is 27.7 Å². The van der Waals surface area contributed by atoms with Crippen LogP contribution in [0.1, 0.15) is 41.0 Å². The number of rotatable bonds is 6. The standard InChI is InChI=1S/C19H24N4O2/c1-5-22(6-2)16-9-7-15(8-10-16)12-21-23-14(4)11-13(3)17(18(20)24)19(23)25/h7-12H,5-6H2,1-4H3,(H2,20,24)/b21-12+. The number of hydrogen-bond acceptors (Lipinski definition) is 4. The number of hydrogen-bond donors (Lipinski definition) is 1. The maximum Gasteiger partial charge on any atom is 0.284 e. The number of aryl methyl sites for hydroxylation is 2. The highest BCUT2D eigenvalue weighted by atomic mass is 16.2. The summed E-state index contributed by atoms with van der Waals surface area (Å²) in [6.45, 7) is 9.56. The number of aromatic nitrogens is 1. The summed E-state index contributed by atoms with van der Waals surface area (Å²) in [6.07, 6.45) is 1.60. The molecule has 0 unspecified atom stereocenters. The van der Waals surface area contributed by atoms with Crippen molar-refractivity contribution < 1.29 is 4.79 Å². The zero-order valence-corrected chi connectivity index (χ0v) is 15.1. The Morgan fingerprint density at radius 1 is 1.20 bits per heavy atom. The molecule has 0 aliphatic heterocycles. The molecule has 1 aromatic carbocycles. The number of nitrogens with two attached hydrogens (primary N) is 1. The third kappa shape index (κ3) is 3.96. The van der Waals surface area contributed by atoms with Gasteiger partial charge in [0.15, 0.2) is 0 Å². The molecule has 2 aromatic rings. The molecule has 0 saturated heterocycles. The van der Waals surface area contributed by atoms with Crippen LogP contribution in [0.4, 0.5) is 5.69 Å². The zero-order chi connectivity index (χ0) is 18.6. The lowest BCUT2D eigenvalue weighted by atomic mass is 10.1. The monoisotopic (exact) mass is 340 g/mol. The van der Waals surface area contributed by atoms with Crippen LogP contribution < -0.4 is 16.2 Å². The maximum absolute atomic E-state index is 12.4. The van der Waals surface area contributed by atoms with E-state index in [0.717, 1.165) is 24.3 Å². The summed E-state index contributed by atoms with van der Waals surface area (Å²) in [7, 11) is 0. The summed E-state index contributed by atoms with van der Waals surface area (Å²) in [5.41, 5.74) is 7.98. The van der Waals surface area contributed by atoms with Gasteiger partial charge in [-0.3, -0.25) is 9.59 Å². The Bertz CT molecular complexity index is 847. The van der Waals surface area contributed by atoms with Crippen LogP contribution in [0.2, 0.25) is 0 Å². The van der Waals surface area contributed by atoms with Gasteiger partial charge in [-0.25, -0.2) is 4.68 Å². The van der Waals surface area contributed by atoms with Crippen LogP contribution >= 0.6 is 0 Å². The van der Waals surface area contributed by atoms with E-state index in [1.54, 1.807) is 26.1 Å². The molecule has 1 amide bonds. The van der Waals surface area contributed by atoms with Gasteiger partial charge >= 0.3 is 0 Å². The van der Waals surface area contributed by atoms with Crippen LogP contribution in [0.5, 0.6) is 0 Å². The van der Waals surface area contributed by atoms with E-state index >= 15 is 0 Å². The van der Waals surface area contributed by atoms with Crippen molar-refractivity contribution in [1.82, 2.24) is 4.68 Å². The van der Waals surface area contributed by atoms with Gasteiger partial charge in [0.1, 0.15) is 5.56 Å². The Balaban J connectivity index is 2.35. The third-order valence-corrected chi connectivity index (χ3v) is 4.15. The number of anilines is 1. The first kappa shape index (κ1) is 18.4. The van der Waals surface area contributed by atoms with Crippen molar-refractivity contribution >= 4 is 17.8 Å². The van der Waals surface area contributed by atoms with Crippen molar-refractivity contribution in [2.75, 3.05) is 18.0 Å². The van der Waals surface area contributed by atoms with Gasteiger partial charge in [0, 0.05) is 24.5 Å². The number of carbonyl (C=O) groups excluding carboxylic acids is 1. The molecule has 0 atom stereocenters. The molecule has 0 saturated carbocycles. The van der Waals surface area contributed by atoms with Gasteiger partial charge in [-0.15, -0.1) is 0 Å². The van der Waals surface area contributed by atoms with Crippen molar-refractivity contribution in [1.29, 1.82) is 0 Å². The molecule has 1 heterocycles. The van der Waals surface area contributed by atoms with E-state index in [9.17, 15) is 9.59 Å². The van der Waals surface area contributed by atoms with Crippen LogP contribution in [0.25, 0.3) is 0 Å². The van der Waals surface area contributed by atoms with Gasteiger partial charge in [-0.05, 0) is 57.0 Å². The zero-order valence-electron chi connectivity index (χ0n) is 15.1. The molecule has 0 fully saturated rings. The first-order chi connectivity index (χ1) is 11.9. The lowest BCUT2D eigenvalue weighted by Crippen LogP contribution is -2.30. The van der Waals surface area contributed by atoms with E-state index in [4.69, 9.17) is 5.73 Å². The smallest absolute Gasteiger partial charge is 0.284 e. The highest BCUT2D eigenvalue weighted by Crippen LogP contribution is 2.14. The van der Waals surface area contributed by atoms with Crippen molar-refractivity contribution in [3.05, 3.63) is 63.1 Å². The van der Waals surface area contributed by atoms with Gasteiger partial charge < -0.3 is 10.6 Å². The molecule has 6 heteroatoms. The van der Waals surface area contributed by atoms with Crippen LogP contribution in [-0.4, -0.2) is 29.9 Å². The second-order valence-electron chi connectivity index (χ2n) is 5.83. The quantitative estimate of drug-likeness (QED) is 0.819. The third-order valence-electron chi connectivity index (χ3n) is 4.15. The van der Waals surface area contributed by atoms with E-state index in [-0.39, 0.29) is 5.56 Å². The van der Waals surface area contributed by atoms with Crippen LogP contribution in [0.3, 0.4) is 0 Å². The first-order valence-corrected chi connectivity index (χ1v) is 8.31. The number of nitrogens with zero attached hydrogens (tertiary/aromatic N) is 3. The van der Waals surface area contributed by atoms with Crippen molar-refractivity contribution in [3.8, 4) is 0 Å². The minimum atomic E-state index is -0.741. The second kappa shape index (κ2) is 7.79. The number of amides is 1. The highest BCUT2D eigenvalue weighted by Gasteiger charge is 2.14. The number of primary amides is 1. The highest BCUT2D eigenvalue weighted by molar-refractivity contribution is 5.93. The Kier molecular flexibility index (Phi) is 5.75.